The number of anilines is 3. The molecule has 4 N–H and O–H groups in total. The van der Waals surface area contributed by atoms with E-state index in [1.54, 1.807) is 18.3 Å². The van der Waals surface area contributed by atoms with Crippen molar-refractivity contribution in [1.29, 1.82) is 0 Å². The summed E-state index contributed by atoms with van der Waals surface area (Å²) >= 11 is 0. The summed E-state index contributed by atoms with van der Waals surface area (Å²) in [5, 5.41) is 6.87. The van der Waals surface area contributed by atoms with Crippen LogP contribution in [0.4, 0.5) is 22.0 Å². The molecule has 1 fully saturated rings. The average molecular weight is 440 g/mol. The molecule has 8 heteroatoms. The summed E-state index contributed by atoms with van der Waals surface area (Å²) in [6.45, 7) is 6.69. The van der Waals surface area contributed by atoms with E-state index in [2.05, 4.69) is 41.0 Å². The fraction of sp³-hybridized carbons (Fsp3) is 0.542. The molecule has 0 aliphatic heterocycles. The van der Waals surface area contributed by atoms with Crippen LogP contribution in [-0.2, 0) is 6.67 Å². The molecule has 172 valence electrons. The third-order valence-electron chi connectivity index (χ3n) is 6.65. The van der Waals surface area contributed by atoms with Gasteiger partial charge in [-0.05, 0) is 76.1 Å². The molecule has 0 saturated heterocycles. The molecular formula is C24H34FN7. The Labute approximate surface area is 189 Å². The molecule has 1 aromatic carbocycles. The number of benzene rings is 1. The highest BCUT2D eigenvalue weighted by Crippen LogP contribution is 2.36. The van der Waals surface area contributed by atoms with Gasteiger partial charge < -0.3 is 16.4 Å². The summed E-state index contributed by atoms with van der Waals surface area (Å²) < 4.78 is 15.1. The molecular weight excluding hydrogens is 405 g/mol. The van der Waals surface area contributed by atoms with E-state index in [4.69, 9.17) is 15.7 Å². The van der Waals surface area contributed by atoms with Crippen molar-refractivity contribution in [1.82, 2.24) is 19.5 Å². The van der Waals surface area contributed by atoms with Crippen LogP contribution in [0.1, 0.15) is 64.5 Å². The average Bonchev–Trinajstić information content (AvgIpc) is 3.16. The van der Waals surface area contributed by atoms with Crippen LogP contribution in [0.5, 0.6) is 0 Å². The van der Waals surface area contributed by atoms with Crippen LogP contribution in [0.25, 0.3) is 11.2 Å². The van der Waals surface area contributed by atoms with Crippen molar-refractivity contribution in [2.24, 2.45) is 11.7 Å². The molecule has 2 heterocycles. The first-order valence-electron chi connectivity index (χ1n) is 11.6. The summed E-state index contributed by atoms with van der Waals surface area (Å²) in [6.07, 6.45) is 7.02. The van der Waals surface area contributed by atoms with E-state index in [1.165, 1.54) is 0 Å². The van der Waals surface area contributed by atoms with Gasteiger partial charge in [-0.25, -0.2) is 14.4 Å². The molecule has 0 spiro atoms. The number of hydrogen-bond acceptors (Lipinski definition) is 6. The van der Waals surface area contributed by atoms with Crippen molar-refractivity contribution < 1.29 is 4.39 Å². The predicted octanol–water partition coefficient (Wildman–Crippen LogP) is 5.33. The van der Waals surface area contributed by atoms with Crippen LogP contribution < -0.4 is 16.4 Å². The van der Waals surface area contributed by atoms with Crippen LogP contribution in [-0.4, -0.2) is 31.6 Å². The lowest BCUT2D eigenvalue weighted by atomic mass is 9.86. The minimum Gasteiger partial charge on any atom is -0.349 e. The van der Waals surface area contributed by atoms with Crippen LogP contribution >= 0.6 is 0 Å². The Morgan fingerprint density at radius 3 is 2.47 bits per heavy atom. The maximum atomic E-state index is 12.9. The van der Waals surface area contributed by atoms with E-state index in [0.29, 0.717) is 17.4 Å². The number of alkyl halides is 1. The maximum Gasteiger partial charge on any atom is 0.225 e. The Kier molecular flexibility index (Phi) is 6.60. The van der Waals surface area contributed by atoms with Gasteiger partial charge in [0.05, 0.1) is 6.20 Å². The fourth-order valence-corrected chi connectivity index (χ4v) is 4.22. The number of hydrogen-bond donors (Lipinski definition) is 3. The van der Waals surface area contributed by atoms with Gasteiger partial charge in [0.1, 0.15) is 12.2 Å². The van der Waals surface area contributed by atoms with Crippen molar-refractivity contribution in [3.05, 3.63) is 36.0 Å². The summed E-state index contributed by atoms with van der Waals surface area (Å²) in [5.74, 6) is 1.94. The van der Waals surface area contributed by atoms with Crippen molar-refractivity contribution in [3.8, 4) is 0 Å². The SMILES string of the molecule is CCC(C)(C)Nc1ncc2nc(Nc3ccc(CF)cc3)n(C3CCC(CN)CC3)c2n1. The number of halogens is 1. The van der Waals surface area contributed by atoms with Gasteiger partial charge in [0.2, 0.25) is 11.9 Å². The number of aromatic nitrogens is 4. The molecule has 7 nitrogen and oxygen atoms in total. The Morgan fingerprint density at radius 1 is 1.12 bits per heavy atom. The monoisotopic (exact) mass is 439 g/mol. The highest BCUT2D eigenvalue weighted by molar-refractivity contribution is 5.76. The second-order valence-corrected chi connectivity index (χ2v) is 9.44. The maximum absolute atomic E-state index is 12.9. The van der Waals surface area contributed by atoms with E-state index < -0.39 is 6.67 Å². The molecule has 0 bridgehead atoms. The molecule has 0 amide bonds. The molecule has 0 atom stereocenters. The van der Waals surface area contributed by atoms with E-state index in [-0.39, 0.29) is 11.6 Å². The largest absolute Gasteiger partial charge is 0.349 e. The zero-order valence-corrected chi connectivity index (χ0v) is 19.2. The summed E-state index contributed by atoms with van der Waals surface area (Å²) in [6, 6.07) is 7.63. The topological polar surface area (TPSA) is 93.7 Å². The molecule has 1 saturated carbocycles. The van der Waals surface area contributed by atoms with E-state index in [0.717, 1.165) is 61.4 Å². The van der Waals surface area contributed by atoms with Crippen LogP contribution in [0.3, 0.4) is 0 Å². The second kappa shape index (κ2) is 9.40. The number of rotatable bonds is 8. The molecule has 3 aromatic rings. The Balaban J connectivity index is 1.72. The zero-order chi connectivity index (χ0) is 22.7. The lowest BCUT2D eigenvalue weighted by Gasteiger charge is -2.30. The predicted molar refractivity (Wildman–Crippen MR) is 128 cm³/mol. The Morgan fingerprint density at radius 2 is 1.84 bits per heavy atom. The normalized spacial score (nSPS) is 19.3. The number of nitrogens with zero attached hydrogens (tertiary/aromatic N) is 4. The molecule has 4 rings (SSSR count). The number of nitrogens with two attached hydrogens (primary N) is 1. The first-order valence-corrected chi connectivity index (χ1v) is 11.6. The van der Waals surface area contributed by atoms with Crippen molar-refractivity contribution in [3.63, 3.8) is 0 Å². The minimum absolute atomic E-state index is 0.100. The minimum atomic E-state index is -0.470. The van der Waals surface area contributed by atoms with Gasteiger partial charge in [0.15, 0.2) is 5.65 Å². The first-order chi connectivity index (χ1) is 15.4. The lowest BCUT2D eigenvalue weighted by molar-refractivity contribution is 0.284. The highest BCUT2D eigenvalue weighted by Gasteiger charge is 2.27. The van der Waals surface area contributed by atoms with Gasteiger partial charge in [-0.1, -0.05) is 19.1 Å². The van der Waals surface area contributed by atoms with Crippen LogP contribution in [0, 0.1) is 5.92 Å². The van der Waals surface area contributed by atoms with E-state index in [1.807, 2.05) is 12.1 Å². The highest BCUT2D eigenvalue weighted by atomic mass is 19.1. The van der Waals surface area contributed by atoms with Gasteiger partial charge in [-0.15, -0.1) is 0 Å². The molecule has 1 aliphatic rings. The van der Waals surface area contributed by atoms with Crippen LogP contribution in [0.15, 0.2) is 30.5 Å². The summed E-state index contributed by atoms with van der Waals surface area (Å²) in [7, 11) is 0. The standard InChI is InChI=1S/C24H34FN7/c1-4-24(2,3)31-22-27-15-20-21(30-22)32(19-11-7-17(14-26)8-12-19)23(29-20)28-18-9-5-16(13-25)6-10-18/h5-6,9-10,15,17,19H,4,7-8,11-14,26H2,1-3H3,(H,28,29)(H,27,30,31). The van der Waals surface area contributed by atoms with Crippen molar-refractivity contribution >= 4 is 28.7 Å². The van der Waals surface area contributed by atoms with Crippen molar-refractivity contribution in [2.75, 3.05) is 17.2 Å². The zero-order valence-electron chi connectivity index (χ0n) is 19.2. The van der Waals surface area contributed by atoms with Crippen LogP contribution in [0.2, 0.25) is 0 Å². The smallest absolute Gasteiger partial charge is 0.225 e. The molecule has 1 aliphatic carbocycles. The third-order valence-corrected chi connectivity index (χ3v) is 6.65. The van der Waals surface area contributed by atoms with Gasteiger partial charge in [-0.3, -0.25) is 4.57 Å². The van der Waals surface area contributed by atoms with E-state index in [9.17, 15) is 4.39 Å². The van der Waals surface area contributed by atoms with E-state index >= 15 is 0 Å². The van der Waals surface area contributed by atoms with Gasteiger partial charge >= 0.3 is 0 Å². The Hall–Kier alpha value is -2.74. The number of nitrogens with one attached hydrogen (secondary N) is 2. The van der Waals surface area contributed by atoms with Gasteiger partial charge in [0.25, 0.3) is 0 Å². The second-order valence-electron chi connectivity index (χ2n) is 9.44. The van der Waals surface area contributed by atoms with Gasteiger partial charge in [0, 0.05) is 17.3 Å². The van der Waals surface area contributed by atoms with Gasteiger partial charge in [-0.2, -0.15) is 4.98 Å². The first kappa shape index (κ1) is 22.5. The molecule has 0 unspecified atom stereocenters. The Bertz CT molecular complexity index is 1040. The number of fused-ring (bicyclic) bond motifs is 1. The summed E-state index contributed by atoms with van der Waals surface area (Å²) in [4.78, 5) is 14.2. The molecule has 0 radical (unpaired) electrons. The van der Waals surface area contributed by atoms with Crippen molar-refractivity contribution in [2.45, 2.75) is 71.1 Å². The summed E-state index contributed by atoms with van der Waals surface area (Å²) in [5.41, 5.74) is 8.93. The third kappa shape index (κ3) is 4.85. The molecule has 32 heavy (non-hydrogen) atoms. The quantitative estimate of drug-likeness (QED) is 0.439. The fourth-order valence-electron chi connectivity index (χ4n) is 4.22. The lowest BCUT2D eigenvalue weighted by Crippen LogP contribution is -2.30. The number of imidazole rings is 1. The molecule has 2 aromatic heterocycles.